The van der Waals surface area contributed by atoms with E-state index >= 15 is 0 Å². The summed E-state index contributed by atoms with van der Waals surface area (Å²) in [6.07, 6.45) is -3.15. The average Bonchev–Trinajstić information content (AvgIpc) is 2.34. The minimum absolute atomic E-state index is 0.310. The minimum atomic E-state index is -1.79. The molecule has 0 spiro atoms. The fourth-order valence-corrected chi connectivity index (χ4v) is 1.33. The monoisotopic (exact) mass is 256 g/mol. The second-order valence-corrected chi connectivity index (χ2v) is 4.05. The normalized spacial score (nSPS) is 12.6. The molecule has 0 aliphatic rings. The molecule has 1 rings (SSSR count). The van der Waals surface area contributed by atoms with Crippen molar-refractivity contribution in [1.29, 1.82) is 0 Å². The van der Waals surface area contributed by atoms with E-state index in [2.05, 4.69) is 5.32 Å². The number of ether oxygens (including phenoxy) is 1. The third kappa shape index (κ3) is 4.89. The number of aliphatic hydroxyl groups excluding tert-OH is 2. The van der Waals surface area contributed by atoms with Crippen molar-refractivity contribution in [3.05, 3.63) is 24.3 Å². The van der Waals surface area contributed by atoms with Crippen molar-refractivity contribution in [2.75, 3.05) is 32.1 Å². The van der Waals surface area contributed by atoms with Crippen LogP contribution in [0.15, 0.2) is 24.3 Å². The van der Waals surface area contributed by atoms with Gasteiger partial charge in [-0.15, -0.1) is 0 Å². The van der Waals surface area contributed by atoms with Gasteiger partial charge in [-0.05, 0) is 12.1 Å². The fourth-order valence-electron chi connectivity index (χ4n) is 1.33. The van der Waals surface area contributed by atoms with Crippen LogP contribution in [0.1, 0.15) is 0 Å². The van der Waals surface area contributed by atoms with Crippen LogP contribution in [0.3, 0.4) is 0 Å². The Hall–Kier alpha value is -1.34. The fraction of sp³-hybridized carbons (Fsp3) is 0.500. The minimum Gasteiger partial charge on any atom is -0.492 e. The topological polar surface area (TPSA) is 85.2 Å². The molecule has 6 nitrogen and oxygen atoms in total. The van der Waals surface area contributed by atoms with Gasteiger partial charge in [-0.3, -0.25) is 5.32 Å². The van der Waals surface area contributed by atoms with Crippen LogP contribution in [0, 0.1) is 0 Å². The maximum Gasteiger partial charge on any atom is 0.192 e. The summed E-state index contributed by atoms with van der Waals surface area (Å²) in [6.45, 7) is 0.631. The maximum absolute atomic E-state index is 9.07. The van der Waals surface area contributed by atoms with Crippen molar-refractivity contribution in [2.45, 2.75) is 12.5 Å². The van der Waals surface area contributed by atoms with Gasteiger partial charge in [0.15, 0.2) is 12.5 Å². The Morgan fingerprint density at radius 2 is 2.00 bits per heavy atom. The predicted octanol–water partition coefficient (Wildman–Crippen LogP) is -0.650. The first-order chi connectivity index (χ1) is 8.50. The number of hydrogen-bond acceptors (Lipinski definition) is 6. The third-order valence-corrected chi connectivity index (χ3v) is 2.34. The lowest BCUT2D eigenvalue weighted by Gasteiger charge is -2.16. The molecule has 0 heterocycles. The van der Waals surface area contributed by atoms with Crippen LogP contribution in [0.4, 0.5) is 5.69 Å². The largest absolute Gasteiger partial charge is 0.492 e. The van der Waals surface area contributed by atoms with Crippen LogP contribution in [-0.4, -0.2) is 55.1 Å². The quantitative estimate of drug-likeness (QED) is 0.383. The predicted molar refractivity (Wildman–Crippen MR) is 68.5 cm³/mol. The summed E-state index contributed by atoms with van der Waals surface area (Å²) < 4.78 is 5.46. The van der Waals surface area contributed by atoms with E-state index in [0.717, 1.165) is 11.4 Å². The molecule has 4 N–H and O–H groups in total. The molecule has 6 heteroatoms. The lowest BCUT2D eigenvalue weighted by atomic mass is 10.3. The van der Waals surface area contributed by atoms with Crippen LogP contribution < -0.4 is 15.0 Å². The second kappa shape index (κ2) is 7.17. The Bertz CT molecular complexity index is 358. The van der Waals surface area contributed by atoms with E-state index in [0.29, 0.717) is 13.2 Å². The number of benzene rings is 1. The van der Waals surface area contributed by atoms with Gasteiger partial charge in [0.05, 0.1) is 0 Å². The number of aliphatic hydroxyl groups is 3. The number of nitrogens with one attached hydrogen (secondary N) is 1. The van der Waals surface area contributed by atoms with Crippen LogP contribution in [0.5, 0.6) is 5.75 Å². The van der Waals surface area contributed by atoms with E-state index in [1.807, 2.05) is 43.3 Å². The summed E-state index contributed by atoms with van der Waals surface area (Å²) in [4.78, 5) is 1.97. The van der Waals surface area contributed by atoms with E-state index < -0.39 is 12.5 Å². The molecule has 1 unspecified atom stereocenters. The highest BCUT2D eigenvalue weighted by Gasteiger charge is 2.10. The molecule has 0 aliphatic carbocycles. The Balaban J connectivity index is 2.33. The van der Waals surface area contributed by atoms with Gasteiger partial charge in [-0.2, -0.15) is 0 Å². The first kappa shape index (κ1) is 14.7. The molecule has 1 atom stereocenters. The van der Waals surface area contributed by atoms with Gasteiger partial charge in [0, 0.05) is 32.4 Å². The average molecular weight is 256 g/mol. The number of nitrogens with zero attached hydrogens (tertiary/aromatic N) is 1. The molecule has 1 aromatic carbocycles. The molecule has 1 aromatic rings. The van der Waals surface area contributed by atoms with Crippen LogP contribution in [0.2, 0.25) is 0 Å². The van der Waals surface area contributed by atoms with Crippen molar-refractivity contribution in [1.82, 2.24) is 5.32 Å². The Morgan fingerprint density at radius 3 is 2.61 bits per heavy atom. The van der Waals surface area contributed by atoms with Crippen molar-refractivity contribution in [3.63, 3.8) is 0 Å². The second-order valence-electron chi connectivity index (χ2n) is 4.05. The number of rotatable bonds is 7. The molecule has 0 aliphatic heterocycles. The van der Waals surface area contributed by atoms with Gasteiger partial charge in [0.1, 0.15) is 12.4 Å². The summed E-state index contributed by atoms with van der Waals surface area (Å²) in [6, 6.07) is 7.60. The number of hydrogen-bond donors (Lipinski definition) is 4. The standard InChI is InChI=1S/C12H20N2O4/c1-14(2)9-4-3-5-10(8-9)18-7-6-13-11(15)12(16)17/h3-5,8,11-13,15-17H,6-7H2,1-2H3. The zero-order valence-corrected chi connectivity index (χ0v) is 10.6. The van der Waals surface area contributed by atoms with Crippen molar-refractivity contribution >= 4 is 5.69 Å². The molecule has 0 bridgehead atoms. The molecule has 0 saturated carbocycles. The Morgan fingerprint density at radius 1 is 1.28 bits per heavy atom. The number of anilines is 1. The van der Waals surface area contributed by atoms with E-state index in [9.17, 15) is 0 Å². The first-order valence-electron chi connectivity index (χ1n) is 5.68. The molecular weight excluding hydrogens is 236 g/mol. The van der Waals surface area contributed by atoms with Crippen LogP contribution >= 0.6 is 0 Å². The Labute approximate surface area is 106 Å². The maximum atomic E-state index is 9.07. The summed E-state index contributed by atoms with van der Waals surface area (Å²) in [7, 11) is 3.89. The molecule has 0 amide bonds. The van der Waals surface area contributed by atoms with Gasteiger partial charge < -0.3 is 25.0 Å². The summed E-state index contributed by atoms with van der Waals surface area (Å²) in [5.74, 6) is 0.724. The summed E-state index contributed by atoms with van der Waals surface area (Å²) in [5.41, 5.74) is 1.03. The van der Waals surface area contributed by atoms with Gasteiger partial charge >= 0.3 is 0 Å². The highest BCUT2D eigenvalue weighted by atomic mass is 16.5. The molecule has 0 radical (unpaired) electrons. The SMILES string of the molecule is CN(C)c1cccc(OCCNC(O)C(O)O)c1. The highest BCUT2D eigenvalue weighted by molar-refractivity contribution is 5.49. The molecule has 0 aromatic heterocycles. The van der Waals surface area contributed by atoms with Crippen LogP contribution in [0.25, 0.3) is 0 Å². The lowest BCUT2D eigenvalue weighted by Crippen LogP contribution is -2.41. The zero-order valence-electron chi connectivity index (χ0n) is 10.6. The summed E-state index contributed by atoms with van der Waals surface area (Å²) in [5, 5.41) is 28.8. The Kier molecular flexibility index (Phi) is 5.87. The summed E-state index contributed by atoms with van der Waals surface area (Å²) >= 11 is 0. The van der Waals surface area contributed by atoms with Gasteiger partial charge in [0.25, 0.3) is 0 Å². The van der Waals surface area contributed by atoms with Crippen molar-refractivity contribution in [2.24, 2.45) is 0 Å². The first-order valence-corrected chi connectivity index (χ1v) is 5.68. The highest BCUT2D eigenvalue weighted by Crippen LogP contribution is 2.18. The lowest BCUT2D eigenvalue weighted by molar-refractivity contribution is -0.133. The van der Waals surface area contributed by atoms with E-state index in [-0.39, 0.29) is 0 Å². The molecule has 0 fully saturated rings. The van der Waals surface area contributed by atoms with Gasteiger partial charge in [-0.25, -0.2) is 0 Å². The molecule has 102 valence electrons. The van der Waals surface area contributed by atoms with Crippen LogP contribution in [-0.2, 0) is 0 Å². The van der Waals surface area contributed by atoms with Gasteiger partial charge in [-0.1, -0.05) is 6.07 Å². The van der Waals surface area contributed by atoms with E-state index in [4.69, 9.17) is 20.1 Å². The third-order valence-electron chi connectivity index (χ3n) is 2.34. The van der Waals surface area contributed by atoms with Crippen molar-refractivity contribution in [3.8, 4) is 5.75 Å². The molecular formula is C12H20N2O4. The molecule has 18 heavy (non-hydrogen) atoms. The zero-order chi connectivity index (χ0) is 13.5. The molecule has 0 saturated heterocycles. The van der Waals surface area contributed by atoms with Crippen molar-refractivity contribution < 1.29 is 20.1 Å². The van der Waals surface area contributed by atoms with Gasteiger partial charge in [0.2, 0.25) is 0 Å². The van der Waals surface area contributed by atoms with E-state index in [1.165, 1.54) is 0 Å². The van der Waals surface area contributed by atoms with E-state index in [1.54, 1.807) is 0 Å². The smallest absolute Gasteiger partial charge is 0.192 e.